The molecule has 3 aliphatic heterocycles. The van der Waals surface area contributed by atoms with Gasteiger partial charge in [0.05, 0.1) is 26.4 Å². The van der Waals surface area contributed by atoms with Crippen molar-refractivity contribution in [3.63, 3.8) is 0 Å². The van der Waals surface area contributed by atoms with Crippen molar-refractivity contribution < 1.29 is 14.3 Å². The fourth-order valence-electron chi connectivity index (χ4n) is 4.51. The van der Waals surface area contributed by atoms with Gasteiger partial charge in [0, 0.05) is 56.3 Å². The van der Waals surface area contributed by atoms with Gasteiger partial charge in [-0.1, -0.05) is 6.07 Å². The Morgan fingerprint density at radius 1 is 1.29 bits per heavy atom. The van der Waals surface area contributed by atoms with E-state index in [1.165, 1.54) is 5.56 Å². The van der Waals surface area contributed by atoms with E-state index in [1.807, 2.05) is 17.2 Å². The van der Waals surface area contributed by atoms with Crippen molar-refractivity contribution in [3.8, 4) is 0 Å². The van der Waals surface area contributed by atoms with Gasteiger partial charge in [-0.05, 0) is 18.1 Å². The number of carbonyl (C=O) groups excluding carboxylic acids is 1. The Labute approximate surface area is 163 Å². The molecule has 148 valence electrons. The van der Waals surface area contributed by atoms with Crippen molar-refractivity contribution in [1.29, 1.82) is 0 Å². The van der Waals surface area contributed by atoms with Gasteiger partial charge in [-0.25, -0.2) is 0 Å². The zero-order chi connectivity index (χ0) is 19.0. The molecule has 1 N–H and O–H groups in total. The fourth-order valence-corrected chi connectivity index (χ4v) is 4.51. The van der Waals surface area contributed by atoms with Gasteiger partial charge in [0.15, 0.2) is 5.69 Å². The lowest BCUT2D eigenvalue weighted by molar-refractivity contribution is -0.102. The number of pyridine rings is 1. The first kappa shape index (κ1) is 17.8. The van der Waals surface area contributed by atoms with Crippen LogP contribution in [0.3, 0.4) is 0 Å². The molecule has 1 amide bonds. The number of hydrogen-bond donors (Lipinski definition) is 1. The standard InChI is InChI=1S/C20H25N5O3/c26-19(18-16-12-27-8-3-17(16)22-23-18)25-6-4-20(14-25)13-24(7-9-28-20)11-15-2-1-5-21-10-15/h1-2,5,10H,3-4,6-9,11-14H2,(H,22,23). The van der Waals surface area contributed by atoms with E-state index in [4.69, 9.17) is 9.47 Å². The number of morpholine rings is 1. The van der Waals surface area contributed by atoms with Crippen LogP contribution in [0.1, 0.15) is 33.7 Å². The largest absolute Gasteiger partial charge is 0.376 e. The minimum atomic E-state index is -0.289. The Balaban J connectivity index is 1.27. The average Bonchev–Trinajstić information content (AvgIpc) is 3.33. The number of rotatable bonds is 3. The van der Waals surface area contributed by atoms with Crippen molar-refractivity contribution in [1.82, 2.24) is 25.0 Å². The van der Waals surface area contributed by atoms with Crippen LogP contribution >= 0.6 is 0 Å². The Morgan fingerprint density at radius 3 is 3.14 bits per heavy atom. The first-order valence-corrected chi connectivity index (χ1v) is 9.91. The van der Waals surface area contributed by atoms with Crippen LogP contribution in [-0.2, 0) is 29.0 Å². The monoisotopic (exact) mass is 383 g/mol. The molecule has 8 heteroatoms. The second kappa shape index (κ2) is 7.27. The van der Waals surface area contributed by atoms with Crippen molar-refractivity contribution in [2.75, 3.05) is 39.4 Å². The molecule has 0 bridgehead atoms. The molecule has 2 saturated heterocycles. The zero-order valence-corrected chi connectivity index (χ0v) is 15.9. The number of carbonyl (C=O) groups is 1. The molecule has 1 unspecified atom stereocenters. The molecule has 3 aliphatic rings. The van der Waals surface area contributed by atoms with Crippen LogP contribution in [0.25, 0.3) is 0 Å². The van der Waals surface area contributed by atoms with Gasteiger partial charge in [0.2, 0.25) is 0 Å². The summed E-state index contributed by atoms with van der Waals surface area (Å²) < 4.78 is 11.7. The molecule has 2 fully saturated rings. The minimum absolute atomic E-state index is 0.0205. The maximum Gasteiger partial charge on any atom is 0.274 e. The normalized spacial score (nSPS) is 25.2. The van der Waals surface area contributed by atoms with Gasteiger partial charge in [0.1, 0.15) is 5.60 Å². The molecule has 28 heavy (non-hydrogen) atoms. The highest BCUT2D eigenvalue weighted by molar-refractivity contribution is 5.94. The van der Waals surface area contributed by atoms with Crippen LogP contribution in [0.15, 0.2) is 24.5 Å². The molecule has 0 saturated carbocycles. The number of likely N-dealkylation sites (tertiary alicyclic amines) is 1. The third-order valence-corrected chi connectivity index (χ3v) is 5.96. The van der Waals surface area contributed by atoms with E-state index in [2.05, 4.69) is 26.1 Å². The summed E-state index contributed by atoms with van der Waals surface area (Å²) in [5, 5.41) is 7.31. The number of ether oxygens (including phenoxy) is 2. The highest BCUT2D eigenvalue weighted by atomic mass is 16.5. The van der Waals surface area contributed by atoms with Crippen molar-refractivity contribution in [2.45, 2.75) is 31.6 Å². The number of aromatic amines is 1. The van der Waals surface area contributed by atoms with Crippen LogP contribution in [0.2, 0.25) is 0 Å². The summed E-state index contributed by atoms with van der Waals surface area (Å²) in [6.07, 6.45) is 5.34. The topological polar surface area (TPSA) is 83.6 Å². The highest BCUT2D eigenvalue weighted by Crippen LogP contribution is 2.31. The van der Waals surface area contributed by atoms with Crippen molar-refractivity contribution >= 4 is 5.91 Å². The molecule has 1 spiro atoms. The van der Waals surface area contributed by atoms with E-state index in [0.717, 1.165) is 43.7 Å². The first-order chi connectivity index (χ1) is 13.7. The molecule has 0 radical (unpaired) electrons. The molecule has 0 aliphatic carbocycles. The fraction of sp³-hybridized carbons (Fsp3) is 0.550. The van der Waals surface area contributed by atoms with Gasteiger partial charge in [-0.2, -0.15) is 5.10 Å². The number of nitrogens with one attached hydrogen (secondary N) is 1. The van der Waals surface area contributed by atoms with Gasteiger partial charge < -0.3 is 14.4 Å². The average molecular weight is 383 g/mol. The van der Waals surface area contributed by atoms with Gasteiger partial charge in [-0.15, -0.1) is 0 Å². The van der Waals surface area contributed by atoms with E-state index in [9.17, 15) is 4.79 Å². The molecular weight excluding hydrogens is 358 g/mol. The van der Waals surface area contributed by atoms with Crippen LogP contribution in [0, 0.1) is 0 Å². The van der Waals surface area contributed by atoms with Crippen molar-refractivity contribution in [2.24, 2.45) is 0 Å². The maximum absolute atomic E-state index is 13.1. The number of H-pyrrole nitrogens is 1. The second-order valence-corrected chi connectivity index (χ2v) is 7.91. The lowest BCUT2D eigenvalue weighted by Gasteiger charge is -2.40. The molecule has 1 atom stereocenters. The molecule has 0 aromatic carbocycles. The summed E-state index contributed by atoms with van der Waals surface area (Å²) in [5.74, 6) is -0.0205. The summed E-state index contributed by atoms with van der Waals surface area (Å²) in [7, 11) is 0. The number of fused-ring (bicyclic) bond motifs is 1. The van der Waals surface area contributed by atoms with Gasteiger partial charge in [0.25, 0.3) is 5.91 Å². The van der Waals surface area contributed by atoms with E-state index in [-0.39, 0.29) is 11.5 Å². The predicted octanol–water partition coefficient (Wildman–Crippen LogP) is 0.994. The summed E-state index contributed by atoms with van der Waals surface area (Å²) in [5.41, 5.74) is 3.37. The third-order valence-electron chi connectivity index (χ3n) is 5.96. The second-order valence-electron chi connectivity index (χ2n) is 7.91. The van der Waals surface area contributed by atoms with Crippen molar-refractivity contribution in [3.05, 3.63) is 47.0 Å². The summed E-state index contributed by atoms with van der Waals surface area (Å²) in [4.78, 5) is 21.6. The third kappa shape index (κ3) is 3.32. The number of nitrogens with zero attached hydrogens (tertiary/aromatic N) is 4. The Kier molecular flexibility index (Phi) is 4.62. The van der Waals surface area contributed by atoms with E-state index >= 15 is 0 Å². The maximum atomic E-state index is 13.1. The van der Waals surface area contributed by atoms with E-state index in [1.54, 1.807) is 6.20 Å². The lowest BCUT2D eigenvalue weighted by atomic mass is 10.00. The van der Waals surface area contributed by atoms with Crippen LogP contribution in [-0.4, -0.2) is 75.9 Å². The van der Waals surface area contributed by atoms with Gasteiger partial charge in [-0.3, -0.25) is 19.8 Å². The lowest BCUT2D eigenvalue weighted by Crippen LogP contribution is -2.53. The van der Waals surface area contributed by atoms with Gasteiger partial charge >= 0.3 is 0 Å². The Bertz CT molecular complexity index is 855. The number of hydrogen-bond acceptors (Lipinski definition) is 6. The zero-order valence-electron chi connectivity index (χ0n) is 15.9. The molecule has 2 aromatic heterocycles. The SMILES string of the molecule is O=C(c1n[nH]c2c1COCC2)N1CCC2(CN(Cc3cccnc3)CCO2)C1. The van der Waals surface area contributed by atoms with Crippen LogP contribution in [0.5, 0.6) is 0 Å². The summed E-state index contributed by atoms with van der Waals surface area (Å²) in [6, 6.07) is 4.07. The minimum Gasteiger partial charge on any atom is -0.376 e. The van der Waals surface area contributed by atoms with Crippen LogP contribution < -0.4 is 0 Å². The Morgan fingerprint density at radius 2 is 2.25 bits per heavy atom. The molecular formula is C20H25N5O3. The van der Waals surface area contributed by atoms with E-state index < -0.39 is 0 Å². The quantitative estimate of drug-likeness (QED) is 0.851. The smallest absolute Gasteiger partial charge is 0.274 e. The summed E-state index contributed by atoms with van der Waals surface area (Å²) in [6.45, 7) is 5.71. The Hall–Kier alpha value is -2.29. The summed E-state index contributed by atoms with van der Waals surface area (Å²) >= 11 is 0. The number of aromatic nitrogens is 3. The first-order valence-electron chi connectivity index (χ1n) is 9.91. The molecule has 8 nitrogen and oxygen atoms in total. The predicted molar refractivity (Wildman–Crippen MR) is 101 cm³/mol. The molecule has 5 heterocycles. The van der Waals surface area contributed by atoms with E-state index in [0.29, 0.717) is 38.6 Å². The highest BCUT2D eigenvalue weighted by Gasteiger charge is 2.45. The van der Waals surface area contributed by atoms with Crippen LogP contribution in [0.4, 0.5) is 0 Å². The molecule has 5 rings (SSSR count). The number of amides is 1. The molecule has 2 aromatic rings.